The molecular formula is C19H24ClN3O2. The number of halogens is 1. The quantitative estimate of drug-likeness (QED) is 0.337. The van der Waals surface area contributed by atoms with Gasteiger partial charge in [0.05, 0.1) is 5.92 Å². The SMILES string of the molecule is Cl.N=C(N)NC[C@H]1CC[C@H](C(=O)Oc2ccc3ccccc3c2)CC1. The van der Waals surface area contributed by atoms with Crippen LogP contribution in [0.5, 0.6) is 5.75 Å². The molecule has 1 aliphatic rings. The third-order valence-corrected chi connectivity index (χ3v) is 4.70. The molecule has 0 aliphatic heterocycles. The first kappa shape index (κ1) is 19.1. The number of hydrogen-bond acceptors (Lipinski definition) is 3. The van der Waals surface area contributed by atoms with Gasteiger partial charge in [0.1, 0.15) is 5.75 Å². The smallest absolute Gasteiger partial charge is 0.314 e. The molecule has 0 saturated heterocycles. The van der Waals surface area contributed by atoms with Crippen molar-refractivity contribution in [1.82, 2.24) is 5.32 Å². The highest BCUT2D eigenvalue weighted by molar-refractivity contribution is 5.85. The van der Waals surface area contributed by atoms with Crippen LogP contribution in [-0.2, 0) is 4.79 Å². The largest absolute Gasteiger partial charge is 0.426 e. The number of ether oxygens (including phenoxy) is 1. The van der Waals surface area contributed by atoms with E-state index >= 15 is 0 Å². The van der Waals surface area contributed by atoms with E-state index in [-0.39, 0.29) is 30.3 Å². The van der Waals surface area contributed by atoms with Gasteiger partial charge in [-0.2, -0.15) is 0 Å². The third kappa shape index (κ3) is 5.10. The highest BCUT2D eigenvalue weighted by Crippen LogP contribution is 2.30. The number of esters is 1. The van der Waals surface area contributed by atoms with E-state index in [0.717, 1.165) is 36.5 Å². The normalized spacial score (nSPS) is 19.7. The Morgan fingerprint density at radius 1 is 1.12 bits per heavy atom. The molecule has 0 aromatic heterocycles. The molecule has 0 unspecified atom stereocenters. The maximum absolute atomic E-state index is 12.4. The fourth-order valence-electron chi connectivity index (χ4n) is 3.29. The Kier molecular flexibility index (Phi) is 6.65. The predicted octanol–water partition coefficient (Wildman–Crippen LogP) is 3.46. The van der Waals surface area contributed by atoms with Gasteiger partial charge in [-0.05, 0) is 54.5 Å². The monoisotopic (exact) mass is 361 g/mol. The first-order valence-electron chi connectivity index (χ1n) is 8.40. The van der Waals surface area contributed by atoms with Crippen molar-refractivity contribution in [2.45, 2.75) is 25.7 Å². The van der Waals surface area contributed by atoms with E-state index in [0.29, 0.717) is 18.2 Å². The summed E-state index contributed by atoms with van der Waals surface area (Å²) in [6.07, 6.45) is 3.57. The first-order valence-corrected chi connectivity index (χ1v) is 8.40. The molecule has 2 aromatic rings. The minimum Gasteiger partial charge on any atom is -0.426 e. The summed E-state index contributed by atoms with van der Waals surface area (Å²) < 4.78 is 5.59. The lowest BCUT2D eigenvalue weighted by molar-refractivity contribution is -0.140. The molecule has 6 heteroatoms. The van der Waals surface area contributed by atoms with E-state index in [9.17, 15) is 4.79 Å². The van der Waals surface area contributed by atoms with Gasteiger partial charge in [0.2, 0.25) is 0 Å². The molecule has 0 amide bonds. The molecule has 5 nitrogen and oxygen atoms in total. The fourth-order valence-corrected chi connectivity index (χ4v) is 3.29. The van der Waals surface area contributed by atoms with Gasteiger partial charge < -0.3 is 15.8 Å². The van der Waals surface area contributed by atoms with Crippen LogP contribution in [0.2, 0.25) is 0 Å². The molecule has 0 heterocycles. The van der Waals surface area contributed by atoms with Crippen LogP contribution < -0.4 is 15.8 Å². The van der Waals surface area contributed by atoms with Gasteiger partial charge in [-0.25, -0.2) is 0 Å². The van der Waals surface area contributed by atoms with E-state index < -0.39 is 0 Å². The summed E-state index contributed by atoms with van der Waals surface area (Å²) in [5.74, 6) is 0.916. The minimum atomic E-state index is -0.136. The molecule has 134 valence electrons. The van der Waals surface area contributed by atoms with Crippen LogP contribution in [0.25, 0.3) is 10.8 Å². The van der Waals surface area contributed by atoms with Crippen LogP contribution in [0, 0.1) is 17.2 Å². The van der Waals surface area contributed by atoms with Gasteiger partial charge in [-0.1, -0.05) is 30.3 Å². The second-order valence-corrected chi connectivity index (χ2v) is 6.44. The van der Waals surface area contributed by atoms with Gasteiger partial charge in [-0.15, -0.1) is 12.4 Å². The molecule has 1 aliphatic carbocycles. The van der Waals surface area contributed by atoms with E-state index in [1.807, 2.05) is 42.5 Å². The van der Waals surface area contributed by atoms with Crippen LogP contribution in [0.15, 0.2) is 42.5 Å². The van der Waals surface area contributed by atoms with Crippen LogP contribution in [0.1, 0.15) is 25.7 Å². The number of guanidine groups is 1. The molecule has 1 fully saturated rings. The second-order valence-electron chi connectivity index (χ2n) is 6.44. The number of carbonyl (C=O) groups excluding carboxylic acids is 1. The Morgan fingerprint density at radius 3 is 2.48 bits per heavy atom. The topological polar surface area (TPSA) is 88.2 Å². The highest BCUT2D eigenvalue weighted by atomic mass is 35.5. The molecule has 2 aromatic carbocycles. The van der Waals surface area contributed by atoms with Crippen LogP contribution >= 0.6 is 12.4 Å². The maximum atomic E-state index is 12.4. The van der Waals surface area contributed by atoms with Gasteiger partial charge >= 0.3 is 5.97 Å². The highest BCUT2D eigenvalue weighted by Gasteiger charge is 2.27. The van der Waals surface area contributed by atoms with Crippen molar-refractivity contribution in [3.63, 3.8) is 0 Å². The summed E-state index contributed by atoms with van der Waals surface area (Å²) in [6, 6.07) is 13.8. The van der Waals surface area contributed by atoms with Gasteiger partial charge in [0, 0.05) is 6.54 Å². The maximum Gasteiger partial charge on any atom is 0.314 e. The summed E-state index contributed by atoms with van der Waals surface area (Å²) >= 11 is 0. The molecule has 0 atom stereocenters. The van der Waals surface area contributed by atoms with Crippen LogP contribution in [-0.4, -0.2) is 18.5 Å². The van der Waals surface area contributed by atoms with Crippen molar-refractivity contribution in [1.29, 1.82) is 5.41 Å². The Bertz CT molecular complexity index is 742. The molecule has 0 bridgehead atoms. The van der Waals surface area contributed by atoms with Crippen molar-refractivity contribution in [3.05, 3.63) is 42.5 Å². The van der Waals surface area contributed by atoms with E-state index in [4.69, 9.17) is 15.9 Å². The van der Waals surface area contributed by atoms with Crippen LogP contribution in [0.4, 0.5) is 0 Å². The van der Waals surface area contributed by atoms with E-state index in [1.54, 1.807) is 0 Å². The van der Waals surface area contributed by atoms with Crippen LogP contribution in [0.3, 0.4) is 0 Å². The number of nitrogens with two attached hydrogens (primary N) is 1. The summed E-state index contributed by atoms with van der Waals surface area (Å²) in [5.41, 5.74) is 5.31. The second kappa shape index (κ2) is 8.72. The third-order valence-electron chi connectivity index (χ3n) is 4.70. The lowest BCUT2D eigenvalue weighted by atomic mass is 9.82. The first-order chi connectivity index (χ1) is 11.6. The average molecular weight is 362 g/mol. The van der Waals surface area contributed by atoms with Crippen molar-refractivity contribution in [2.24, 2.45) is 17.6 Å². The van der Waals surface area contributed by atoms with Crippen molar-refractivity contribution >= 4 is 35.1 Å². The molecule has 0 radical (unpaired) electrons. The molecule has 4 N–H and O–H groups in total. The Labute approximate surface area is 153 Å². The van der Waals surface area contributed by atoms with Crippen molar-refractivity contribution in [2.75, 3.05) is 6.54 Å². The number of benzene rings is 2. The van der Waals surface area contributed by atoms with E-state index in [2.05, 4.69) is 5.32 Å². The average Bonchev–Trinajstić information content (AvgIpc) is 2.60. The number of hydrogen-bond donors (Lipinski definition) is 3. The molecule has 1 saturated carbocycles. The predicted molar refractivity (Wildman–Crippen MR) is 102 cm³/mol. The molecule has 25 heavy (non-hydrogen) atoms. The number of nitrogens with one attached hydrogen (secondary N) is 2. The Hall–Kier alpha value is -2.27. The Balaban J connectivity index is 0.00000225. The van der Waals surface area contributed by atoms with E-state index in [1.165, 1.54) is 0 Å². The standard InChI is InChI=1S/C19H23N3O2.ClH/c20-19(21)22-12-13-5-7-15(8-6-13)18(23)24-17-10-9-14-3-1-2-4-16(14)11-17;/h1-4,9-11,13,15H,5-8,12H2,(H4,20,21,22);1H/t13-,15-;. The van der Waals surface area contributed by atoms with Gasteiger partial charge in [0.15, 0.2) is 5.96 Å². The number of fused-ring (bicyclic) bond motifs is 1. The molecular weight excluding hydrogens is 338 g/mol. The minimum absolute atomic E-state index is 0. The molecule has 0 spiro atoms. The number of rotatable bonds is 4. The van der Waals surface area contributed by atoms with Gasteiger partial charge in [0.25, 0.3) is 0 Å². The zero-order valence-corrected chi connectivity index (χ0v) is 14.9. The lowest BCUT2D eigenvalue weighted by Gasteiger charge is -2.27. The number of carbonyl (C=O) groups is 1. The zero-order valence-electron chi connectivity index (χ0n) is 14.0. The summed E-state index contributed by atoms with van der Waals surface area (Å²) in [6.45, 7) is 0.710. The lowest BCUT2D eigenvalue weighted by Crippen LogP contribution is -2.36. The summed E-state index contributed by atoms with van der Waals surface area (Å²) in [4.78, 5) is 12.4. The molecule has 3 rings (SSSR count). The Morgan fingerprint density at radius 2 is 1.80 bits per heavy atom. The summed E-state index contributed by atoms with van der Waals surface area (Å²) in [7, 11) is 0. The van der Waals surface area contributed by atoms with Crippen molar-refractivity contribution < 1.29 is 9.53 Å². The zero-order chi connectivity index (χ0) is 16.9. The fraction of sp³-hybridized carbons (Fsp3) is 0.368. The van der Waals surface area contributed by atoms with Gasteiger partial charge in [-0.3, -0.25) is 10.2 Å². The van der Waals surface area contributed by atoms with Crippen molar-refractivity contribution in [3.8, 4) is 5.75 Å². The summed E-state index contributed by atoms with van der Waals surface area (Å²) in [5, 5.41) is 12.3.